The van der Waals surface area contributed by atoms with Crippen LogP contribution in [0.5, 0.6) is 0 Å². The van der Waals surface area contributed by atoms with E-state index in [0.29, 0.717) is 0 Å². The molecule has 0 amide bonds. The van der Waals surface area contributed by atoms with Gasteiger partial charge in [-0.3, -0.25) is 4.40 Å². The number of piperidine rings is 1. The van der Waals surface area contributed by atoms with Gasteiger partial charge in [-0.05, 0) is 39.4 Å². The third-order valence-electron chi connectivity index (χ3n) is 4.09. The van der Waals surface area contributed by atoms with Crippen molar-refractivity contribution in [2.24, 2.45) is 0 Å². The summed E-state index contributed by atoms with van der Waals surface area (Å²) in [5.74, 6) is 1.02. The summed E-state index contributed by atoms with van der Waals surface area (Å²) in [6.45, 7) is 6.67. The van der Waals surface area contributed by atoms with E-state index in [9.17, 15) is 0 Å². The van der Waals surface area contributed by atoms with Crippen LogP contribution in [0.2, 0.25) is 0 Å². The number of aryl methyl sites for hydroxylation is 1. The molecule has 96 valence electrons. The van der Waals surface area contributed by atoms with Crippen molar-refractivity contribution in [3.63, 3.8) is 0 Å². The Morgan fingerprint density at radius 1 is 1.39 bits per heavy atom. The number of aromatic nitrogens is 3. The highest BCUT2D eigenvalue weighted by atomic mass is 15.1. The molecule has 0 aliphatic carbocycles. The topological polar surface area (TPSA) is 33.4 Å². The van der Waals surface area contributed by atoms with Crippen LogP contribution < -0.4 is 0 Å². The van der Waals surface area contributed by atoms with Gasteiger partial charge in [0.25, 0.3) is 0 Å². The van der Waals surface area contributed by atoms with Crippen molar-refractivity contribution >= 4 is 5.52 Å². The summed E-state index contributed by atoms with van der Waals surface area (Å²) >= 11 is 0. The van der Waals surface area contributed by atoms with Gasteiger partial charge in [0.05, 0.1) is 17.4 Å². The number of likely N-dealkylation sites (N-methyl/N-ethyl adjacent to an activating group) is 1. The predicted octanol–water partition coefficient (Wildman–Crippen LogP) is 2.02. The number of rotatable bonds is 1. The molecule has 1 fully saturated rings. The van der Waals surface area contributed by atoms with E-state index in [1.54, 1.807) is 0 Å². The lowest BCUT2D eigenvalue weighted by Crippen LogP contribution is -2.42. The quantitative estimate of drug-likeness (QED) is 0.769. The number of hydrogen-bond acceptors (Lipinski definition) is 3. The maximum Gasteiger partial charge on any atom is 0.111 e. The second kappa shape index (κ2) is 4.05. The molecule has 0 spiro atoms. The SMILES string of the molecule is Cc1nc([C@]2(C)CCCN(C)C2)cc2cncn12. The molecular weight excluding hydrogens is 224 g/mol. The molecule has 1 aliphatic heterocycles. The largest absolute Gasteiger partial charge is 0.305 e. The zero-order chi connectivity index (χ0) is 12.8. The molecule has 0 unspecified atom stereocenters. The molecule has 4 nitrogen and oxygen atoms in total. The monoisotopic (exact) mass is 244 g/mol. The van der Waals surface area contributed by atoms with Gasteiger partial charge in [0.2, 0.25) is 0 Å². The van der Waals surface area contributed by atoms with Gasteiger partial charge in [0.1, 0.15) is 12.2 Å². The first kappa shape index (κ1) is 11.7. The summed E-state index contributed by atoms with van der Waals surface area (Å²) in [5.41, 5.74) is 2.52. The molecule has 0 N–H and O–H groups in total. The van der Waals surface area contributed by atoms with Crippen LogP contribution in [0, 0.1) is 6.92 Å². The zero-order valence-corrected chi connectivity index (χ0v) is 11.3. The van der Waals surface area contributed by atoms with E-state index in [0.717, 1.165) is 17.9 Å². The Morgan fingerprint density at radius 2 is 2.22 bits per heavy atom. The third-order valence-corrected chi connectivity index (χ3v) is 4.09. The highest BCUT2D eigenvalue weighted by Gasteiger charge is 2.33. The Bertz CT molecular complexity index is 574. The molecule has 2 aromatic rings. The Kier molecular flexibility index (Phi) is 2.63. The predicted molar refractivity (Wildman–Crippen MR) is 71.8 cm³/mol. The van der Waals surface area contributed by atoms with Crippen molar-refractivity contribution < 1.29 is 0 Å². The van der Waals surface area contributed by atoms with Crippen LogP contribution in [0.25, 0.3) is 5.52 Å². The maximum absolute atomic E-state index is 4.80. The van der Waals surface area contributed by atoms with Crippen LogP contribution in [-0.4, -0.2) is 39.4 Å². The molecule has 0 aromatic carbocycles. The minimum absolute atomic E-state index is 0.170. The summed E-state index contributed by atoms with van der Waals surface area (Å²) in [7, 11) is 2.20. The van der Waals surface area contributed by atoms with Crippen molar-refractivity contribution in [3.8, 4) is 0 Å². The van der Waals surface area contributed by atoms with E-state index >= 15 is 0 Å². The van der Waals surface area contributed by atoms with Crippen molar-refractivity contribution in [1.29, 1.82) is 0 Å². The summed E-state index contributed by atoms with van der Waals surface area (Å²) in [6, 6.07) is 2.19. The summed E-state index contributed by atoms with van der Waals surface area (Å²) in [6.07, 6.45) is 6.21. The van der Waals surface area contributed by atoms with E-state index in [-0.39, 0.29) is 5.41 Å². The lowest BCUT2D eigenvalue weighted by atomic mass is 9.79. The number of fused-ring (bicyclic) bond motifs is 1. The Balaban J connectivity index is 2.07. The average molecular weight is 244 g/mol. The van der Waals surface area contributed by atoms with E-state index in [1.165, 1.54) is 25.1 Å². The standard InChI is InChI=1S/C14H20N4/c1-11-16-13(7-12-8-15-10-18(11)12)14(2)5-4-6-17(3)9-14/h7-8,10H,4-6,9H2,1-3H3/t14-/m1/s1. The number of hydrogen-bond donors (Lipinski definition) is 0. The van der Waals surface area contributed by atoms with Gasteiger partial charge >= 0.3 is 0 Å². The Morgan fingerprint density at radius 3 is 3.00 bits per heavy atom. The molecule has 1 saturated heterocycles. The molecule has 1 atom stereocenters. The fourth-order valence-electron chi connectivity index (χ4n) is 3.09. The smallest absolute Gasteiger partial charge is 0.111 e. The summed E-state index contributed by atoms with van der Waals surface area (Å²) < 4.78 is 2.04. The average Bonchev–Trinajstić information content (AvgIpc) is 2.77. The van der Waals surface area contributed by atoms with Crippen LogP contribution in [0.4, 0.5) is 0 Å². The molecule has 1 aliphatic rings. The van der Waals surface area contributed by atoms with Gasteiger partial charge in [-0.2, -0.15) is 0 Å². The third kappa shape index (κ3) is 1.81. The van der Waals surface area contributed by atoms with Crippen molar-refractivity contribution in [1.82, 2.24) is 19.3 Å². The molecule has 0 saturated carbocycles. The molecular formula is C14H20N4. The van der Waals surface area contributed by atoms with Crippen LogP contribution in [-0.2, 0) is 5.41 Å². The summed E-state index contributed by atoms with van der Waals surface area (Å²) in [5, 5.41) is 0. The number of nitrogens with zero attached hydrogens (tertiary/aromatic N) is 4. The van der Waals surface area contributed by atoms with Crippen molar-refractivity contribution in [2.75, 3.05) is 20.1 Å². The molecule has 18 heavy (non-hydrogen) atoms. The maximum atomic E-state index is 4.80. The van der Waals surface area contributed by atoms with Crippen LogP contribution >= 0.6 is 0 Å². The second-order valence-corrected chi connectivity index (χ2v) is 5.78. The van der Waals surface area contributed by atoms with Crippen LogP contribution in [0.3, 0.4) is 0 Å². The van der Waals surface area contributed by atoms with Gasteiger partial charge in [-0.15, -0.1) is 0 Å². The molecule has 3 rings (SSSR count). The van der Waals surface area contributed by atoms with Crippen molar-refractivity contribution in [3.05, 3.63) is 30.1 Å². The fraction of sp³-hybridized carbons (Fsp3) is 0.571. The Labute approximate surface area is 108 Å². The highest BCUT2D eigenvalue weighted by molar-refractivity contribution is 5.47. The zero-order valence-electron chi connectivity index (χ0n) is 11.3. The van der Waals surface area contributed by atoms with E-state index in [1.807, 2.05) is 23.8 Å². The lowest BCUT2D eigenvalue weighted by molar-refractivity contribution is 0.185. The molecule has 4 heteroatoms. The minimum Gasteiger partial charge on any atom is -0.305 e. The van der Waals surface area contributed by atoms with E-state index in [2.05, 4.69) is 29.9 Å². The van der Waals surface area contributed by atoms with Crippen molar-refractivity contribution in [2.45, 2.75) is 32.1 Å². The van der Waals surface area contributed by atoms with E-state index < -0.39 is 0 Å². The number of likely N-dealkylation sites (tertiary alicyclic amines) is 1. The molecule has 0 bridgehead atoms. The first-order valence-electron chi connectivity index (χ1n) is 6.57. The molecule has 0 radical (unpaired) electrons. The summed E-state index contributed by atoms with van der Waals surface area (Å²) in [4.78, 5) is 11.4. The van der Waals surface area contributed by atoms with Gasteiger partial charge in [-0.25, -0.2) is 9.97 Å². The highest BCUT2D eigenvalue weighted by Crippen LogP contribution is 2.32. The van der Waals surface area contributed by atoms with Gasteiger partial charge in [0.15, 0.2) is 0 Å². The van der Waals surface area contributed by atoms with Crippen LogP contribution in [0.15, 0.2) is 18.6 Å². The van der Waals surface area contributed by atoms with E-state index in [4.69, 9.17) is 4.98 Å². The van der Waals surface area contributed by atoms with Gasteiger partial charge in [-0.1, -0.05) is 6.92 Å². The number of imidazole rings is 1. The van der Waals surface area contributed by atoms with Gasteiger partial charge < -0.3 is 4.90 Å². The molecule has 2 aromatic heterocycles. The Hall–Kier alpha value is -1.42. The van der Waals surface area contributed by atoms with Crippen LogP contribution in [0.1, 0.15) is 31.3 Å². The lowest BCUT2D eigenvalue weighted by Gasteiger charge is -2.38. The first-order valence-corrected chi connectivity index (χ1v) is 6.57. The second-order valence-electron chi connectivity index (χ2n) is 5.78. The fourth-order valence-corrected chi connectivity index (χ4v) is 3.09. The minimum atomic E-state index is 0.170. The van der Waals surface area contributed by atoms with Gasteiger partial charge in [0, 0.05) is 12.0 Å². The normalized spacial score (nSPS) is 25.7. The molecule has 3 heterocycles. The first-order chi connectivity index (χ1) is 8.58.